The van der Waals surface area contributed by atoms with Crippen LogP contribution in [-0.2, 0) is 0 Å². The summed E-state index contributed by atoms with van der Waals surface area (Å²) in [4.78, 5) is 14.4. The van der Waals surface area contributed by atoms with Crippen LogP contribution < -0.4 is 9.80 Å². The first-order chi connectivity index (χ1) is 11.0. The van der Waals surface area contributed by atoms with E-state index in [0.29, 0.717) is 26.2 Å². The number of hydrogen-bond donors (Lipinski definition) is 0. The molecule has 23 heavy (non-hydrogen) atoms. The minimum absolute atomic E-state index is 0.402. The Balaban J connectivity index is 1.60. The van der Waals surface area contributed by atoms with E-state index in [2.05, 4.69) is 14.9 Å². The SMILES string of the molecule is FC(F)(F)CN1CCN(c2cc(N3CCSCC3)ncn2)CC1. The zero-order valence-corrected chi connectivity index (χ0v) is 13.6. The molecule has 0 unspecified atom stereocenters. The first kappa shape index (κ1) is 16.6. The van der Waals surface area contributed by atoms with E-state index in [4.69, 9.17) is 0 Å². The van der Waals surface area contributed by atoms with Crippen LogP contribution in [0, 0.1) is 0 Å². The van der Waals surface area contributed by atoms with Gasteiger partial charge in [0.15, 0.2) is 0 Å². The molecular weight excluding hydrogens is 327 g/mol. The lowest BCUT2D eigenvalue weighted by atomic mass is 10.3. The van der Waals surface area contributed by atoms with E-state index in [1.807, 2.05) is 22.7 Å². The number of alkyl halides is 3. The number of nitrogens with zero attached hydrogens (tertiary/aromatic N) is 5. The Morgan fingerprint density at radius 2 is 1.48 bits per heavy atom. The highest BCUT2D eigenvalue weighted by Gasteiger charge is 2.32. The molecule has 0 aromatic carbocycles. The van der Waals surface area contributed by atoms with Gasteiger partial charge in [-0.3, -0.25) is 4.90 Å². The normalized spacial score (nSPS) is 20.8. The van der Waals surface area contributed by atoms with Gasteiger partial charge in [-0.05, 0) is 0 Å². The molecule has 128 valence electrons. The zero-order chi connectivity index (χ0) is 16.3. The van der Waals surface area contributed by atoms with Crippen LogP contribution in [0.25, 0.3) is 0 Å². The largest absolute Gasteiger partial charge is 0.401 e. The number of hydrogen-bond acceptors (Lipinski definition) is 6. The maximum atomic E-state index is 12.4. The number of halogens is 3. The first-order valence-electron chi connectivity index (χ1n) is 7.70. The van der Waals surface area contributed by atoms with Crippen molar-refractivity contribution in [2.24, 2.45) is 0 Å². The third-order valence-electron chi connectivity index (χ3n) is 4.07. The lowest BCUT2D eigenvalue weighted by Crippen LogP contribution is -2.49. The van der Waals surface area contributed by atoms with Gasteiger partial charge >= 0.3 is 6.18 Å². The third-order valence-corrected chi connectivity index (χ3v) is 5.01. The maximum absolute atomic E-state index is 12.4. The van der Waals surface area contributed by atoms with Crippen LogP contribution in [0.15, 0.2) is 12.4 Å². The molecule has 0 saturated carbocycles. The van der Waals surface area contributed by atoms with Gasteiger partial charge in [0.25, 0.3) is 0 Å². The van der Waals surface area contributed by atoms with Crippen molar-refractivity contribution in [1.29, 1.82) is 0 Å². The summed E-state index contributed by atoms with van der Waals surface area (Å²) in [6.07, 6.45) is -2.58. The minimum Gasteiger partial charge on any atom is -0.355 e. The molecule has 2 aliphatic rings. The fourth-order valence-corrected chi connectivity index (χ4v) is 3.77. The molecular formula is C14H20F3N5S. The summed E-state index contributed by atoms with van der Waals surface area (Å²) in [5.41, 5.74) is 0. The molecule has 1 aromatic rings. The number of aromatic nitrogens is 2. The Morgan fingerprint density at radius 3 is 2.04 bits per heavy atom. The number of piperazine rings is 1. The summed E-state index contributed by atoms with van der Waals surface area (Å²) >= 11 is 1.94. The van der Waals surface area contributed by atoms with Crippen molar-refractivity contribution in [2.75, 3.05) is 67.1 Å². The summed E-state index contributed by atoms with van der Waals surface area (Å²) in [7, 11) is 0. The molecule has 2 fully saturated rings. The predicted molar refractivity (Wildman–Crippen MR) is 86.3 cm³/mol. The van der Waals surface area contributed by atoms with Gasteiger partial charge in [0.2, 0.25) is 0 Å². The van der Waals surface area contributed by atoms with Gasteiger partial charge in [0.05, 0.1) is 6.54 Å². The van der Waals surface area contributed by atoms with Gasteiger partial charge in [-0.25, -0.2) is 9.97 Å². The third kappa shape index (κ3) is 4.63. The Kier molecular flexibility index (Phi) is 5.15. The summed E-state index contributed by atoms with van der Waals surface area (Å²) in [5.74, 6) is 3.90. The van der Waals surface area contributed by atoms with Gasteiger partial charge in [-0.15, -0.1) is 0 Å². The fourth-order valence-electron chi connectivity index (χ4n) is 2.86. The maximum Gasteiger partial charge on any atom is 0.401 e. The van der Waals surface area contributed by atoms with E-state index in [-0.39, 0.29) is 0 Å². The Morgan fingerprint density at radius 1 is 0.913 bits per heavy atom. The summed E-state index contributed by atoms with van der Waals surface area (Å²) in [6.45, 7) is 3.03. The molecule has 3 rings (SSSR count). The number of rotatable bonds is 3. The minimum atomic E-state index is -4.13. The molecule has 1 aromatic heterocycles. The van der Waals surface area contributed by atoms with Crippen molar-refractivity contribution in [1.82, 2.24) is 14.9 Å². The lowest BCUT2D eigenvalue weighted by Gasteiger charge is -2.36. The monoisotopic (exact) mass is 347 g/mol. The molecule has 9 heteroatoms. The topological polar surface area (TPSA) is 35.5 Å². The van der Waals surface area contributed by atoms with Crippen molar-refractivity contribution in [3.05, 3.63) is 12.4 Å². The average molecular weight is 347 g/mol. The smallest absolute Gasteiger partial charge is 0.355 e. The van der Waals surface area contributed by atoms with Crippen molar-refractivity contribution in [3.63, 3.8) is 0 Å². The highest BCUT2D eigenvalue weighted by atomic mass is 32.2. The Bertz CT molecular complexity index is 513. The molecule has 0 radical (unpaired) electrons. The van der Waals surface area contributed by atoms with E-state index in [1.54, 1.807) is 6.33 Å². The van der Waals surface area contributed by atoms with E-state index in [0.717, 1.165) is 36.2 Å². The van der Waals surface area contributed by atoms with E-state index < -0.39 is 12.7 Å². The van der Waals surface area contributed by atoms with Crippen molar-refractivity contribution >= 4 is 23.4 Å². The molecule has 2 saturated heterocycles. The second-order valence-electron chi connectivity index (χ2n) is 5.71. The van der Waals surface area contributed by atoms with Crippen LogP contribution in [0.5, 0.6) is 0 Å². The van der Waals surface area contributed by atoms with E-state index >= 15 is 0 Å². The molecule has 0 bridgehead atoms. The molecule has 0 N–H and O–H groups in total. The summed E-state index contributed by atoms with van der Waals surface area (Å²) < 4.78 is 37.3. The summed E-state index contributed by atoms with van der Waals surface area (Å²) in [5, 5.41) is 0. The first-order valence-corrected chi connectivity index (χ1v) is 8.85. The highest BCUT2D eigenvalue weighted by Crippen LogP contribution is 2.23. The van der Waals surface area contributed by atoms with Crippen LogP contribution in [0.3, 0.4) is 0 Å². The average Bonchev–Trinajstić information content (AvgIpc) is 2.55. The lowest BCUT2D eigenvalue weighted by molar-refractivity contribution is -0.146. The van der Waals surface area contributed by atoms with E-state index in [9.17, 15) is 13.2 Å². The molecule has 3 heterocycles. The van der Waals surface area contributed by atoms with Crippen molar-refractivity contribution in [3.8, 4) is 0 Å². The molecule has 0 spiro atoms. The Labute approximate surface area is 137 Å². The van der Waals surface area contributed by atoms with E-state index in [1.165, 1.54) is 4.90 Å². The highest BCUT2D eigenvalue weighted by molar-refractivity contribution is 7.99. The zero-order valence-electron chi connectivity index (χ0n) is 12.8. The molecule has 0 amide bonds. The quantitative estimate of drug-likeness (QED) is 0.828. The second kappa shape index (κ2) is 7.12. The summed E-state index contributed by atoms with van der Waals surface area (Å²) in [6, 6.07) is 1.95. The fraction of sp³-hybridized carbons (Fsp3) is 0.714. The van der Waals surface area contributed by atoms with Crippen molar-refractivity contribution in [2.45, 2.75) is 6.18 Å². The number of thioether (sulfide) groups is 1. The standard InChI is InChI=1S/C14H20F3N5S/c15-14(16,17)10-20-1-3-21(4-2-20)12-9-13(19-11-18-12)22-5-7-23-8-6-22/h9,11H,1-8,10H2. The Hall–Kier alpha value is -1.22. The second-order valence-corrected chi connectivity index (χ2v) is 6.94. The van der Waals surface area contributed by atoms with Crippen LogP contribution in [0.1, 0.15) is 0 Å². The van der Waals surface area contributed by atoms with Gasteiger partial charge in [0, 0.05) is 56.8 Å². The molecule has 0 aliphatic carbocycles. The van der Waals surface area contributed by atoms with Gasteiger partial charge in [0.1, 0.15) is 18.0 Å². The van der Waals surface area contributed by atoms with Crippen LogP contribution in [0.2, 0.25) is 0 Å². The van der Waals surface area contributed by atoms with Crippen LogP contribution >= 0.6 is 11.8 Å². The molecule has 2 aliphatic heterocycles. The number of anilines is 2. The van der Waals surface area contributed by atoms with Gasteiger partial charge in [-0.2, -0.15) is 24.9 Å². The van der Waals surface area contributed by atoms with Crippen LogP contribution in [-0.4, -0.2) is 78.4 Å². The van der Waals surface area contributed by atoms with Crippen molar-refractivity contribution < 1.29 is 13.2 Å². The molecule has 5 nitrogen and oxygen atoms in total. The predicted octanol–water partition coefficient (Wildman–Crippen LogP) is 1.71. The molecule has 0 atom stereocenters. The van der Waals surface area contributed by atoms with Crippen LogP contribution in [0.4, 0.5) is 24.8 Å². The van der Waals surface area contributed by atoms with Gasteiger partial charge < -0.3 is 9.80 Å². The van der Waals surface area contributed by atoms with Gasteiger partial charge in [-0.1, -0.05) is 0 Å².